The Morgan fingerprint density at radius 1 is 1.75 bits per heavy atom. The molecule has 0 N–H and O–H groups in total. The third kappa shape index (κ3) is 3.40. The van der Waals surface area contributed by atoms with Gasteiger partial charge in [0.15, 0.2) is 0 Å². The topological polar surface area (TPSA) is 15.6 Å². The van der Waals surface area contributed by atoms with Crippen LogP contribution in [0.4, 0.5) is 0 Å². The van der Waals surface area contributed by atoms with Crippen LogP contribution in [0.5, 0.6) is 0 Å². The quantitative estimate of drug-likeness (QED) is 0.394. The predicted molar refractivity (Wildman–Crippen MR) is 37.0 cm³/mol. The molecule has 0 aliphatic heterocycles. The van der Waals surface area contributed by atoms with Gasteiger partial charge in [0, 0.05) is 19.8 Å². The lowest BCUT2D eigenvalue weighted by Gasteiger charge is -2.06. The first-order valence-electron chi connectivity index (χ1n) is 2.65. The van der Waals surface area contributed by atoms with E-state index in [2.05, 4.69) is 18.5 Å². The van der Waals surface area contributed by atoms with E-state index in [4.69, 9.17) is 0 Å². The van der Waals surface area contributed by atoms with Gasteiger partial charge < -0.3 is 4.90 Å². The van der Waals surface area contributed by atoms with E-state index in [1.807, 2.05) is 11.9 Å². The van der Waals surface area contributed by atoms with Crippen LogP contribution in [0.15, 0.2) is 17.8 Å². The molecule has 8 heavy (non-hydrogen) atoms. The second kappa shape index (κ2) is 4.37. The molecule has 2 nitrogen and oxygen atoms in total. The molecular weight excluding hydrogens is 100 g/mol. The van der Waals surface area contributed by atoms with Gasteiger partial charge in [0.1, 0.15) is 0 Å². The van der Waals surface area contributed by atoms with Gasteiger partial charge in [0.25, 0.3) is 0 Å². The fourth-order valence-corrected chi connectivity index (χ4v) is 0.243. The Bertz CT molecular complexity index is 86.5. The van der Waals surface area contributed by atoms with Crippen molar-refractivity contribution in [1.82, 2.24) is 4.90 Å². The smallest absolute Gasteiger partial charge is 0.0901 e. The van der Waals surface area contributed by atoms with Crippen LogP contribution in [0, 0.1) is 0 Å². The van der Waals surface area contributed by atoms with E-state index in [1.165, 1.54) is 6.20 Å². The number of hydrogen-bond donors (Lipinski definition) is 0. The van der Waals surface area contributed by atoms with Crippen LogP contribution in [0.1, 0.15) is 6.92 Å². The summed E-state index contributed by atoms with van der Waals surface area (Å²) in [5.74, 6) is 0. The molecule has 0 aromatic carbocycles. The Labute approximate surface area is 50.5 Å². The molecular formula is C6H12N2. The first kappa shape index (κ1) is 7.21. The van der Waals surface area contributed by atoms with Crippen LogP contribution < -0.4 is 0 Å². The average molecular weight is 112 g/mol. The number of hydrogen-bond acceptors (Lipinski definition) is 1. The van der Waals surface area contributed by atoms with Crippen LogP contribution >= 0.6 is 0 Å². The van der Waals surface area contributed by atoms with Gasteiger partial charge in [-0.1, -0.05) is 6.58 Å². The number of aliphatic imine (C=N–C) groups is 1. The van der Waals surface area contributed by atoms with E-state index in [1.54, 1.807) is 6.34 Å². The zero-order valence-electron chi connectivity index (χ0n) is 5.46. The van der Waals surface area contributed by atoms with Crippen LogP contribution in [0.25, 0.3) is 0 Å². The Hall–Kier alpha value is -0.790. The molecule has 0 unspecified atom stereocenters. The molecule has 0 amide bonds. The molecule has 0 saturated heterocycles. The highest BCUT2D eigenvalue weighted by molar-refractivity contribution is 5.54. The van der Waals surface area contributed by atoms with Crippen molar-refractivity contribution in [1.29, 1.82) is 0 Å². The molecule has 0 fully saturated rings. The van der Waals surface area contributed by atoms with E-state index < -0.39 is 0 Å². The van der Waals surface area contributed by atoms with Gasteiger partial charge >= 0.3 is 0 Å². The Morgan fingerprint density at radius 2 is 2.38 bits per heavy atom. The molecule has 0 aromatic rings. The van der Waals surface area contributed by atoms with Crippen LogP contribution in [-0.4, -0.2) is 24.8 Å². The van der Waals surface area contributed by atoms with E-state index in [0.717, 1.165) is 6.54 Å². The lowest BCUT2D eigenvalue weighted by atomic mass is 10.7. The van der Waals surface area contributed by atoms with E-state index in [9.17, 15) is 0 Å². The highest BCUT2D eigenvalue weighted by Gasteiger charge is 1.78. The molecule has 2 heteroatoms. The summed E-state index contributed by atoms with van der Waals surface area (Å²) in [5.41, 5.74) is 0. The third-order valence-electron chi connectivity index (χ3n) is 0.868. The minimum atomic E-state index is 0.983. The summed E-state index contributed by atoms with van der Waals surface area (Å²) >= 11 is 0. The highest BCUT2D eigenvalue weighted by atomic mass is 15.1. The average Bonchev–Trinajstić information content (AvgIpc) is 1.83. The molecule has 0 aliphatic rings. The standard InChI is InChI=1S/C6H12N2/c1-4-7-6-8(3)5-2/h4,6H,1,5H2,2-3H3/b7-6-. The highest BCUT2D eigenvalue weighted by Crippen LogP contribution is 1.73. The molecule has 46 valence electrons. The minimum absolute atomic E-state index is 0.983. The van der Waals surface area contributed by atoms with Gasteiger partial charge in [-0.05, 0) is 6.92 Å². The molecule has 0 radical (unpaired) electrons. The second-order valence-corrected chi connectivity index (χ2v) is 1.52. The summed E-state index contributed by atoms with van der Waals surface area (Å²) < 4.78 is 0. The van der Waals surface area contributed by atoms with Crippen LogP contribution in [0.2, 0.25) is 0 Å². The van der Waals surface area contributed by atoms with Gasteiger partial charge in [0.05, 0.1) is 6.34 Å². The van der Waals surface area contributed by atoms with E-state index in [0.29, 0.717) is 0 Å². The summed E-state index contributed by atoms with van der Waals surface area (Å²) in [6.07, 6.45) is 3.26. The van der Waals surface area contributed by atoms with Gasteiger partial charge in [-0.25, -0.2) is 4.99 Å². The monoisotopic (exact) mass is 112 g/mol. The molecule has 0 bridgehead atoms. The predicted octanol–water partition coefficient (Wildman–Crippen LogP) is 1.11. The maximum Gasteiger partial charge on any atom is 0.0901 e. The molecule has 0 aliphatic carbocycles. The Kier molecular flexibility index (Phi) is 3.94. The molecule has 0 aromatic heterocycles. The number of nitrogens with zero attached hydrogens (tertiary/aromatic N) is 2. The first-order chi connectivity index (χ1) is 3.81. The Morgan fingerprint density at radius 3 is 2.75 bits per heavy atom. The molecule has 0 heterocycles. The molecule has 0 atom stereocenters. The lowest BCUT2D eigenvalue weighted by molar-refractivity contribution is 0.552. The van der Waals surface area contributed by atoms with Gasteiger partial charge in [-0.2, -0.15) is 0 Å². The maximum atomic E-state index is 3.81. The zero-order valence-corrected chi connectivity index (χ0v) is 5.46. The van der Waals surface area contributed by atoms with E-state index in [-0.39, 0.29) is 0 Å². The van der Waals surface area contributed by atoms with Crippen molar-refractivity contribution in [3.63, 3.8) is 0 Å². The van der Waals surface area contributed by atoms with Gasteiger partial charge in [-0.15, -0.1) is 0 Å². The van der Waals surface area contributed by atoms with Crippen molar-refractivity contribution < 1.29 is 0 Å². The van der Waals surface area contributed by atoms with Crippen LogP contribution in [0.3, 0.4) is 0 Å². The normalized spacial score (nSPS) is 9.75. The summed E-state index contributed by atoms with van der Waals surface area (Å²) in [4.78, 5) is 5.78. The SMILES string of the molecule is C=C/N=C\N(C)CC. The van der Waals surface area contributed by atoms with Crippen molar-refractivity contribution in [2.45, 2.75) is 6.92 Å². The summed E-state index contributed by atoms with van der Waals surface area (Å²) in [5, 5.41) is 0. The molecule has 0 rings (SSSR count). The van der Waals surface area contributed by atoms with Gasteiger partial charge in [0.2, 0.25) is 0 Å². The lowest BCUT2D eigenvalue weighted by Crippen LogP contribution is -2.14. The third-order valence-corrected chi connectivity index (χ3v) is 0.868. The van der Waals surface area contributed by atoms with Gasteiger partial charge in [-0.3, -0.25) is 0 Å². The fourth-order valence-electron chi connectivity index (χ4n) is 0.243. The van der Waals surface area contributed by atoms with Crippen molar-refractivity contribution in [3.05, 3.63) is 12.8 Å². The Balaban J connectivity index is 3.35. The van der Waals surface area contributed by atoms with Crippen LogP contribution in [-0.2, 0) is 0 Å². The van der Waals surface area contributed by atoms with Crippen molar-refractivity contribution in [3.8, 4) is 0 Å². The van der Waals surface area contributed by atoms with E-state index >= 15 is 0 Å². The molecule has 0 spiro atoms. The summed E-state index contributed by atoms with van der Waals surface area (Å²) in [7, 11) is 1.97. The fraction of sp³-hybridized carbons (Fsp3) is 0.500. The minimum Gasteiger partial charge on any atom is -0.366 e. The number of rotatable bonds is 3. The molecule has 0 saturated carbocycles. The summed E-state index contributed by atoms with van der Waals surface area (Å²) in [6, 6.07) is 0. The maximum absolute atomic E-state index is 3.81. The second-order valence-electron chi connectivity index (χ2n) is 1.52. The summed E-state index contributed by atoms with van der Waals surface area (Å²) in [6.45, 7) is 6.49. The van der Waals surface area contributed by atoms with Crippen molar-refractivity contribution in [2.75, 3.05) is 13.6 Å². The zero-order chi connectivity index (χ0) is 6.41. The first-order valence-corrected chi connectivity index (χ1v) is 2.65. The van der Waals surface area contributed by atoms with Crippen molar-refractivity contribution in [2.24, 2.45) is 4.99 Å². The van der Waals surface area contributed by atoms with Crippen molar-refractivity contribution >= 4 is 6.34 Å². The largest absolute Gasteiger partial charge is 0.366 e.